The molecule has 7 nitrogen and oxygen atoms in total. The Balaban J connectivity index is 3.07. The zero-order valence-electron chi connectivity index (χ0n) is 26.9. The number of ketones is 1. The molecule has 220 valence electrons. The molecule has 0 unspecified atom stereocenters. The molecule has 0 aliphatic rings. The summed E-state index contributed by atoms with van der Waals surface area (Å²) in [5.74, 6) is 0.560. The van der Waals surface area contributed by atoms with Gasteiger partial charge in [0.05, 0.1) is 0 Å². The van der Waals surface area contributed by atoms with Gasteiger partial charge >= 0.3 is 17.4 Å². The average molecular weight is 635 g/mol. The summed E-state index contributed by atoms with van der Waals surface area (Å²) in [4.78, 5) is 13.6. The van der Waals surface area contributed by atoms with Gasteiger partial charge in [0.2, 0.25) is 0 Å². The van der Waals surface area contributed by atoms with Crippen molar-refractivity contribution in [1.29, 1.82) is 0 Å². The largest absolute Gasteiger partial charge is 0.492 e. The molecule has 0 bridgehead atoms. The van der Waals surface area contributed by atoms with Crippen molar-refractivity contribution in [3.05, 3.63) is 29.8 Å². The van der Waals surface area contributed by atoms with Crippen molar-refractivity contribution in [2.45, 2.75) is 111 Å². The predicted molar refractivity (Wildman–Crippen MR) is 172 cm³/mol. The van der Waals surface area contributed by atoms with Gasteiger partial charge in [-0.2, -0.15) is 0 Å². The number of hydrogen-bond donors (Lipinski definition) is 0. The highest BCUT2D eigenvalue weighted by Gasteiger charge is 2.49. The number of Topliss-reactive ketones (excluding diaryl/α,β-unsaturated/α-hetero) is 1. The van der Waals surface area contributed by atoms with Crippen LogP contribution in [0.5, 0.6) is 5.75 Å². The molecule has 0 saturated carbocycles. The van der Waals surface area contributed by atoms with Crippen LogP contribution in [0.2, 0.25) is 91.7 Å². The van der Waals surface area contributed by atoms with E-state index in [1.807, 2.05) is 18.7 Å². The van der Waals surface area contributed by atoms with Gasteiger partial charge in [-0.15, -0.1) is 0 Å². The topological polar surface area (TPSA) is 72.5 Å². The van der Waals surface area contributed by atoms with Crippen molar-refractivity contribution in [3.8, 4) is 5.75 Å². The number of benzene rings is 1. The minimum Gasteiger partial charge on any atom is -0.492 e. The van der Waals surface area contributed by atoms with Crippen LogP contribution in [0.4, 0.5) is 0 Å². The summed E-state index contributed by atoms with van der Waals surface area (Å²) >= 11 is 0. The van der Waals surface area contributed by atoms with Crippen molar-refractivity contribution in [1.82, 2.24) is 0 Å². The van der Waals surface area contributed by atoms with Gasteiger partial charge in [0.15, 0.2) is 39.1 Å². The molecule has 0 saturated heterocycles. The monoisotopic (exact) mass is 634 g/mol. The third kappa shape index (κ3) is 13.9. The van der Waals surface area contributed by atoms with Crippen molar-refractivity contribution in [2.24, 2.45) is 0 Å². The summed E-state index contributed by atoms with van der Waals surface area (Å²) < 4.78 is 38.6. The van der Waals surface area contributed by atoms with Crippen LogP contribution in [0.3, 0.4) is 0 Å². The Labute approximate surface area is 239 Å². The van der Waals surface area contributed by atoms with Gasteiger partial charge in [0, 0.05) is 12.1 Å². The Hall–Kier alpha value is -0.209. The van der Waals surface area contributed by atoms with Crippen molar-refractivity contribution in [2.75, 3.05) is 6.23 Å². The lowest BCUT2D eigenvalue weighted by Gasteiger charge is -2.41. The second-order valence-corrected chi connectivity index (χ2v) is 39.3. The van der Waals surface area contributed by atoms with Crippen LogP contribution in [0.1, 0.15) is 24.2 Å². The summed E-state index contributed by atoms with van der Waals surface area (Å²) in [7, 11) is -13.2. The van der Waals surface area contributed by atoms with E-state index in [0.717, 1.165) is 0 Å². The molecule has 0 atom stereocenters. The second kappa shape index (κ2) is 12.3. The first kappa shape index (κ1) is 35.8. The van der Waals surface area contributed by atoms with Gasteiger partial charge < -0.3 is 25.6 Å². The maximum Gasteiger partial charge on any atom is 0.477 e. The van der Waals surface area contributed by atoms with Gasteiger partial charge in [-0.05, 0) is 123 Å². The quantitative estimate of drug-likeness (QED) is 0.145. The smallest absolute Gasteiger partial charge is 0.477 e. The molecule has 0 heterocycles. The summed E-state index contributed by atoms with van der Waals surface area (Å²) in [6.45, 7) is 33.3. The highest BCUT2D eigenvalue weighted by atomic mass is 28.5. The molecule has 1 aromatic carbocycles. The zero-order chi connectivity index (χ0) is 30.0. The molecule has 0 radical (unpaired) electrons. The van der Waals surface area contributed by atoms with Crippen LogP contribution in [0.15, 0.2) is 24.3 Å². The molecule has 1 rings (SSSR count). The van der Waals surface area contributed by atoms with Crippen LogP contribution in [-0.4, -0.2) is 68.2 Å². The first-order valence-corrected chi connectivity index (χ1v) is 31.8. The Morgan fingerprint density at radius 3 is 1.34 bits per heavy atom. The van der Waals surface area contributed by atoms with Gasteiger partial charge in [0.25, 0.3) is 0 Å². The molecule has 0 spiro atoms. The molecule has 0 amide bonds. The minimum atomic E-state index is -3.07. The molecule has 0 aliphatic carbocycles. The summed E-state index contributed by atoms with van der Waals surface area (Å²) in [6, 6.07) is 7.24. The van der Waals surface area contributed by atoms with Crippen LogP contribution in [-0.2, 0) is 20.9 Å². The first-order valence-electron chi connectivity index (χ1n) is 13.4. The van der Waals surface area contributed by atoms with E-state index in [1.54, 1.807) is 26.0 Å². The van der Waals surface area contributed by atoms with Gasteiger partial charge in [-0.25, -0.2) is 0 Å². The van der Waals surface area contributed by atoms with E-state index in [0.29, 0.717) is 17.5 Å². The predicted octanol–water partition coefficient (Wildman–Crippen LogP) is 7.63. The van der Waals surface area contributed by atoms with Crippen molar-refractivity contribution < 1.29 is 30.4 Å². The number of rotatable bonds is 15. The Kier molecular flexibility index (Phi) is 11.6. The summed E-state index contributed by atoms with van der Waals surface area (Å²) in [5.41, 5.74) is -0.554. The molecule has 13 heteroatoms. The standard InChI is InChI=1S/C25H54O7Si6/c1-25(2,28-38(16,31-35(9,10)11)32-36(12,13)14)24(26)22-17-19-23(20-18-22)27-21-37(15,29-33(3,4)5)30-34(6,7)8/h17-20H,21H2,1-16H3. The van der Waals surface area contributed by atoms with Crippen LogP contribution >= 0.6 is 0 Å². The molecule has 0 aliphatic heterocycles. The molecule has 38 heavy (non-hydrogen) atoms. The summed E-state index contributed by atoms with van der Waals surface area (Å²) in [6.07, 6.45) is 0.398. The fraction of sp³-hybridized carbons (Fsp3) is 0.720. The van der Waals surface area contributed by atoms with E-state index in [9.17, 15) is 4.79 Å². The molecular formula is C25H54O7Si6. The molecule has 0 aromatic heterocycles. The summed E-state index contributed by atoms with van der Waals surface area (Å²) in [5, 5.41) is 0. The number of hydrogen-bond acceptors (Lipinski definition) is 7. The maximum absolute atomic E-state index is 13.6. The highest BCUT2D eigenvalue weighted by Crippen LogP contribution is 2.29. The molecule has 1 aromatic rings. The fourth-order valence-electron chi connectivity index (χ4n) is 4.32. The lowest BCUT2D eigenvalue weighted by Crippen LogP contribution is -2.59. The zero-order valence-corrected chi connectivity index (χ0v) is 32.9. The first-order chi connectivity index (χ1) is 16.6. The third-order valence-electron chi connectivity index (χ3n) is 4.63. The van der Waals surface area contributed by atoms with E-state index < -0.39 is 56.2 Å². The molecular weight excluding hydrogens is 581 g/mol. The number of carbonyl (C=O) groups excluding carboxylic acids is 1. The number of carbonyl (C=O) groups is 1. The molecule has 0 fully saturated rings. The number of ether oxygens (including phenoxy) is 1. The lowest BCUT2D eigenvalue weighted by atomic mass is 9.97. The molecule has 0 N–H and O–H groups in total. The minimum absolute atomic E-state index is 0.121. The van der Waals surface area contributed by atoms with E-state index in [2.05, 4.69) is 85.1 Å². The third-order valence-corrected chi connectivity index (χ3v) is 22.4. The van der Waals surface area contributed by atoms with Crippen LogP contribution in [0.25, 0.3) is 0 Å². The van der Waals surface area contributed by atoms with Crippen molar-refractivity contribution in [3.63, 3.8) is 0 Å². The second-order valence-electron chi connectivity index (χ2n) is 14.6. The van der Waals surface area contributed by atoms with Gasteiger partial charge in [0.1, 0.15) is 17.6 Å². The van der Waals surface area contributed by atoms with E-state index in [-0.39, 0.29) is 5.78 Å². The van der Waals surface area contributed by atoms with E-state index in [1.165, 1.54) is 0 Å². The van der Waals surface area contributed by atoms with Crippen molar-refractivity contribution >= 4 is 56.4 Å². The highest BCUT2D eigenvalue weighted by molar-refractivity contribution is 6.88. The Morgan fingerprint density at radius 1 is 0.632 bits per heavy atom. The Morgan fingerprint density at radius 2 is 1.00 bits per heavy atom. The van der Waals surface area contributed by atoms with Crippen LogP contribution < -0.4 is 4.74 Å². The SMILES string of the molecule is CC(C)(O[Si](C)(O[Si](C)(C)C)O[Si](C)(C)C)C(=O)c1ccc(OC[Si](C)(O[Si](C)(C)C)O[Si](C)(C)C)cc1. The normalized spacial score (nSPS) is 14.5. The Bertz CT molecular complexity index is 894. The lowest BCUT2D eigenvalue weighted by molar-refractivity contribution is 0.0313. The van der Waals surface area contributed by atoms with Gasteiger partial charge in [-0.1, -0.05) is 0 Å². The van der Waals surface area contributed by atoms with Gasteiger partial charge in [-0.3, -0.25) is 4.79 Å². The van der Waals surface area contributed by atoms with E-state index >= 15 is 0 Å². The van der Waals surface area contributed by atoms with Crippen LogP contribution in [0, 0.1) is 0 Å². The average Bonchev–Trinajstić information content (AvgIpc) is 2.59. The maximum atomic E-state index is 13.6. The van der Waals surface area contributed by atoms with E-state index in [4.69, 9.17) is 25.6 Å². The fourth-order valence-corrected chi connectivity index (χ4v) is 26.9.